The normalized spacial score (nSPS) is 15.9. The number of imidazole rings is 1. The van der Waals surface area contributed by atoms with Gasteiger partial charge in [-0.25, -0.2) is 4.98 Å². The number of nitrogens with one attached hydrogen (secondary N) is 2. The van der Waals surface area contributed by atoms with Gasteiger partial charge in [-0.05, 0) is 13.3 Å². The standard InChI is InChI=1S/C16H28N4O/c1-5-12(4)18-15(21)7-9-20-14-6-8-17-10-13(14)19-16(20)11(2)3/h11-12,17H,5-10H2,1-4H3,(H,18,21). The molecule has 1 atom stereocenters. The lowest BCUT2D eigenvalue weighted by molar-refractivity contribution is -0.121. The molecule has 0 fully saturated rings. The maximum atomic E-state index is 12.0. The van der Waals surface area contributed by atoms with Gasteiger partial charge in [-0.1, -0.05) is 20.8 Å². The van der Waals surface area contributed by atoms with Crippen molar-refractivity contribution in [1.82, 2.24) is 20.2 Å². The third kappa shape index (κ3) is 3.84. The van der Waals surface area contributed by atoms with Gasteiger partial charge in [-0.15, -0.1) is 0 Å². The van der Waals surface area contributed by atoms with Gasteiger partial charge in [0, 0.05) is 50.1 Å². The molecule has 1 aliphatic rings. The number of nitrogens with zero attached hydrogens (tertiary/aromatic N) is 2. The highest BCUT2D eigenvalue weighted by Gasteiger charge is 2.21. The molecule has 0 aromatic carbocycles. The van der Waals surface area contributed by atoms with Crippen molar-refractivity contribution >= 4 is 5.91 Å². The molecule has 0 radical (unpaired) electrons. The predicted molar refractivity (Wildman–Crippen MR) is 84.2 cm³/mol. The van der Waals surface area contributed by atoms with E-state index in [0.717, 1.165) is 44.0 Å². The molecular formula is C16H28N4O. The number of carbonyl (C=O) groups is 1. The second-order valence-electron chi connectivity index (χ2n) is 6.22. The van der Waals surface area contributed by atoms with E-state index in [0.29, 0.717) is 12.3 Å². The van der Waals surface area contributed by atoms with Crippen molar-refractivity contribution in [2.24, 2.45) is 0 Å². The van der Waals surface area contributed by atoms with Gasteiger partial charge in [-0.3, -0.25) is 4.79 Å². The molecule has 21 heavy (non-hydrogen) atoms. The van der Waals surface area contributed by atoms with Crippen molar-refractivity contribution in [3.8, 4) is 0 Å². The molecule has 0 aliphatic carbocycles. The van der Waals surface area contributed by atoms with Crippen molar-refractivity contribution in [2.45, 2.75) is 72.0 Å². The number of hydrogen-bond donors (Lipinski definition) is 2. The van der Waals surface area contributed by atoms with E-state index in [1.165, 1.54) is 5.69 Å². The predicted octanol–water partition coefficient (Wildman–Crippen LogP) is 1.96. The summed E-state index contributed by atoms with van der Waals surface area (Å²) < 4.78 is 2.27. The molecule has 1 unspecified atom stereocenters. The van der Waals surface area contributed by atoms with E-state index in [4.69, 9.17) is 4.98 Å². The van der Waals surface area contributed by atoms with Gasteiger partial charge in [0.15, 0.2) is 0 Å². The highest BCUT2D eigenvalue weighted by atomic mass is 16.1. The van der Waals surface area contributed by atoms with Crippen LogP contribution in [0.5, 0.6) is 0 Å². The number of carbonyl (C=O) groups excluding carboxylic acids is 1. The van der Waals surface area contributed by atoms with Crippen LogP contribution in [0.3, 0.4) is 0 Å². The fraction of sp³-hybridized carbons (Fsp3) is 0.750. The summed E-state index contributed by atoms with van der Waals surface area (Å²) >= 11 is 0. The Bertz CT molecular complexity index is 493. The van der Waals surface area contributed by atoms with Crippen LogP contribution in [0.1, 0.15) is 63.7 Å². The van der Waals surface area contributed by atoms with E-state index in [9.17, 15) is 4.79 Å². The van der Waals surface area contributed by atoms with Gasteiger partial charge in [0.2, 0.25) is 5.91 Å². The molecule has 118 valence electrons. The van der Waals surface area contributed by atoms with Crippen LogP contribution in [0.15, 0.2) is 0 Å². The summed E-state index contributed by atoms with van der Waals surface area (Å²) in [6, 6.07) is 0.253. The third-order valence-corrected chi connectivity index (χ3v) is 4.11. The Labute approximate surface area is 127 Å². The summed E-state index contributed by atoms with van der Waals surface area (Å²) in [5.41, 5.74) is 2.47. The van der Waals surface area contributed by atoms with Gasteiger partial charge >= 0.3 is 0 Å². The number of aromatic nitrogens is 2. The van der Waals surface area contributed by atoms with Crippen LogP contribution < -0.4 is 10.6 Å². The summed E-state index contributed by atoms with van der Waals surface area (Å²) in [6.07, 6.45) is 2.50. The summed E-state index contributed by atoms with van der Waals surface area (Å²) in [5, 5.41) is 6.40. The zero-order valence-electron chi connectivity index (χ0n) is 13.7. The minimum absolute atomic E-state index is 0.135. The van der Waals surface area contributed by atoms with Gasteiger partial charge in [0.1, 0.15) is 5.82 Å². The molecule has 0 spiro atoms. The average Bonchev–Trinajstić information content (AvgIpc) is 2.84. The van der Waals surface area contributed by atoms with Crippen molar-refractivity contribution in [3.05, 3.63) is 17.2 Å². The fourth-order valence-electron chi connectivity index (χ4n) is 2.74. The SMILES string of the molecule is CCC(C)NC(=O)CCn1c(C(C)C)nc2c1CCNC2. The Morgan fingerprint density at radius 3 is 2.86 bits per heavy atom. The van der Waals surface area contributed by atoms with E-state index in [1.54, 1.807) is 0 Å². The summed E-state index contributed by atoms with van der Waals surface area (Å²) in [6.45, 7) is 11.0. The molecule has 0 saturated heterocycles. The summed E-state index contributed by atoms with van der Waals surface area (Å²) in [7, 11) is 0. The second kappa shape index (κ2) is 7.07. The van der Waals surface area contributed by atoms with Gasteiger partial charge < -0.3 is 15.2 Å². The van der Waals surface area contributed by atoms with Crippen LogP contribution in [-0.4, -0.2) is 28.0 Å². The molecule has 5 heteroatoms. The lowest BCUT2D eigenvalue weighted by Gasteiger charge is -2.17. The lowest BCUT2D eigenvalue weighted by Crippen LogP contribution is -2.33. The molecule has 1 aliphatic heterocycles. The first kappa shape index (κ1) is 16.0. The van der Waals surface area contributed by atoms with Crippen molar-refractivity contribution < 1.29 is 4.79 Å². The first-order chi connectivity index (χ1) is 10.0. The Hall–Kier alpha value is -1.36. The molecule has 2 heterocycles. The first-order valence-electron chi connectivity index (χ1n) is 8.11. The van der Waals surface area contributed by atoms with Crippen LogP contribution in [0, 0.1) is 0 Å². The molecule has 1 amide bonds. The first-order valence-corrected chi connectivity index (χ1v) is 8.11. The number of hydrogen-bond acceptors (Lipinski definition) is 3. The van der Waals surface area contributed by atoms with Gasteiger partial charge in [0.25, 0.3) is 0 Å². The highest BCUT2D eigenvalue weighted by molar-refractivity contribution is 5.76. The smallest absolute Gasteiger partial charge is 0.221 e. The third-order valence-electron chi connectivity index (χ3n) is 4.11. The van der Waals surface area contributed by atoms with E-state index >= 15 is 0 Å². The Kier molecular flexibility index (Phi) is 5.39. The van der Waals surface area contributed by atoms with E-state index in [-0.39, 0.29) is 11.9 Å². The van der Waals surface area contributed by atoms with Crippen LogP contribution >= 0.6 is 0 Å². The molecule has 2 rings (SSSR count). The molecule has 5 nitrogen and oxygen atoms in total. The number of fused-ring (bicyclic) bond motifs is 1. The number of rotatable bonds is 6. The molecule has 1 aromatic rings. The largest absolute Gasteiger partial charge is 0.354 e. The Morgan fingerprint density at radius 2 is 2.19 bits per heavy atom. The van der Waals surface area contributed by atoms with Gasteiger partial charge in [0.05, 0.1) is 5.69 Å². The summed E-state index contributed by atoms with van der Waals surface area (Å²) in [4.78, 5) is 16.8. The Balaban J connectivity index is 2.08. The summed E-state index contributed by atoms with van der Waals surface area (Å²) in [5.74, 6) is 1.63. The molecule has 2 N–H and O–H groups in total. The van der Waals surface area contributed by atoms with E-state index in [2.05, 4.69) is 36.0 Å². The van der Waals surface area contributed by atoms with Crippen molar-refractivity contribution in [3.63, 3.8) is 0 Å². The van der Waals surface area contributed by atoms with Crippen LogP contribution in [0.4, 0.5) is 0 Å². The van der Waals surface area contributed by atoms with Crippen LogP contribution in [-0.2, 0) is 24.3 Å². The van der Waals surface area contributed by atoms with E-state index in [1.807, 2.05) is 6.92 Å². The molecular weight excluding hydrogens is 264 g/mol. The average molecular weight is 292 g/mol. The topological polar surface area (TPSA) is 59.0 Å². The zero-order valence-corrected chi connectivity index (χ0v) is 13.7. The van der Waals surface area contributed by atoms with Crippen molar-refractivity contribution in [1.29, 1.82) is 0 Å². The fourth-order valence-corrected chi connectivity index (χ4v) is 2.74. The Morgan fingerprint density at radius 1 is 1.43 bits per heavy atom. The minimum atomic E-state index is 0.135. The van der Waals surface area contributed by atoms with Crippen molar-refractivity contribution in [2.75, 3.05) is 6.54 Å². The quantitative estimate of drug-likeness (QED) is 0.842. The molecule has 0 bridgehead atoms. The maximum Gasteiger partial charge on any atom is 0.221 e. The zero-order chi connectivity index (χ0) is 15.4. The minimum Gasteiger partial charge on any atom is -0.354 e. The maximum absolute atomic E-state index is 12.0. The van der Waals surface area contributed by atoms with Crippen LogP contribution in [0.2, 0.25) is 0 Å². The lowest BCUT2D eigenvalue weighted by atomic mass is 10.1. The second-order valence-corrected chi connectivity index (χ2v) is 6.22. The monoisotopic (exact) mass is 292 g/mol. The molecule has 0 saturated carbocycles. The van der Waals surface area contributed by atoms with E-state index < -0.39 is 0 Å². The molecule has 1 aromatic heterocycles. The highest BCUT2D eigenvalue weighted by Crippen LogP contribution is 2.22. The van der Waals surface area contributed by atoms with Gasteiger partial charge in [-0.2, -0.15) is 0 Å². The number of amides is 1. The van der Waals surface area contributed by atoms with Crippen LogP contribution in [0.25, 0.3) is 0 Å².